The zero-order valence-electron chi connectivity index (χ0n) is 23.9. The number of likely N-dealkylation sites (tertiary alicyclic amines) is 1. The average Bonchev–Trinajstić information content (AvgIpc) is 3.43. The quantitative estimate of drug-likeness (QED) is 0.337. The Balaban J connectivity index is 1.47. The first-order valence-electron chi connectivity index (χ1n) is 13.8. The maximum atomic E-state index is 12.7. The second-order valence-corrected chi connectivity index (χ2v) is 12.1. The first-order chi connectivity index (χ1) is 18.5. The smallest absolute Gasteiger partial charge is 0.410 e. The van der Waals surface area contributed by atoms with E-state index in [9.17, 15) is 10.1 Å². The fourth-order valence-corrected chi connectivity index (χ4v) is 5.58. The van der Waals surface area contributed by atoms with Crippen LogP contribution in [0.3, 0.4) is 0 Å². The van der Waals surface area contributed by atoms with Crippen molar-refractivity contribution in [2.24, 2.45) is 5.92 Å². The highest BCUT2D eigenvalue weighted by molar-refractivity contribution is 5.76. The molecule has 1 aliphatic heterocycles. The lowest BCUT2D eigenvalue weighted by Crippen LogP contribution is -2.36. The monoisotopic (exact) mass is 526 g/mol. The molecule has 3 aromatic rings. The van der Waals surface area contributed by atoms with E-state index in [1.807, 2.05) is 39.5 Å². The van der Waals surface area contributed by atoms with Crippen molar-refractivity contribution in [3.8, 4) is 17.2 Å². The zero-order valence-corrected chi connectivity index (χ0v) is 23.9. The van der Waals surface area contributed by atoms with Gasteiger partial charge < -0.3 is 19.1 Å². The van der Waals surface area contributed by atoms with Gasteiger partial charge in [0.05, 0.1) is 17.2 Å². The number of benzene rings is 2. The van der Waals surface area contributed by atoms with Crippen LogP contribution >= 0.6 is 0 Å². The number of ether oxygens (including phenoxy) is 1. The second-order valence-electron chi connectivity index (χ2n) is 12.1. The molecular formula is C32H38N4O3. The third kappa shape index (κ3) is 5.52. The Morgan fingerprint density at radius 2 is 1.90 bits per heavy atom. The largest absolute Gasteiger partial charge is 0.444 e. The summed E-state index contributed by atoms with van der Waals surface area (Å²) < 4.78 is 11.1. The summed E-state index contributed by atoms with van der Waals surface area (Å²) in [5.41, 5.74) is 6.56. The summed E-state index contributed by atoms with van der Waals surface area (Å²) in [5, 5.41) is 13.8. The topological polar surface area (TPSA) is 82.6 Å². The maximum Gasteiger partial charge on any atom is 0.410 e. The lowest BCUT2D eigenvalue weighted by atomic mass is 9.96. The fourth-order valence-electron chi connectivity index (χ4n) is 5.58. The molecule has 1 saturated heterocycles. The van der Waals surface area contributed by atoms with Crippen LogP contribution in [0.25, 0.3) is 11.1 Å². The molecule has 204 valence electrons. The van der Waals surface area contributed by atoms with E-state index in [1.165, 1.54) is 0 Å². The van der Waals surface area contributed by atoms with Crippen LogP contribution in [0, 0.1) is 38.0 Å². The summed E-state index contributed by atoms with van der Waals surface area (Å²) in [4.78, 5) is 16.9. The van der Waals surface area contributed by atoms with Gasteiger partial charge in [0, 0.05) is 36.6 Å². The Hall–Kier alpha value is -3.79. The van der Waals surface area contributed by atoms with Crippen molar-refractivity contribution in [2.45, 2.75) is 71.8 Å². The molecule has 7 nitrogen and oxygen atoms in total. The predicted octanol–water partition coefficient (Wildman–Crippen LogP) is 7.22. The minimum absolute atomic E-state index is 0.247. The molecule has 39 heavy (non-hydrogen) atoms. The molecule has 1 aliphatic carbocycles. The molecule has 2 aliphatic rings. The number of rotatable bonds is 6. The van der Waals surface area contributed by atoms with Crippen molar-refractivity contribution >= 4 is 17.5 Å². The average molecular weight is 527 g/mol. The number of anilines is 2. The SMILES string of the molecule is Cc1ccc(-c2c(C)noc2C)cc1N(CC1CCN(C(=O)OC(C)(C)C)C1)c1ccc(C2(C#N)CC2)cc1. The number of hydrogen-bond donors (Lipinski definition) is 0. The van der Waals surface area contributed by atoms with Gasteiger partial charge in [0.25, 0.3) is 0 Å². The molecule has 0 spiro atoms. The summed E-state index contributed by atoms with van der Waals surface area (Å²) in [6.07, 6.45) is 2.51. The predicted molar refractivity (Wildman–Crippen MR) is 152 cm³/mol. The molecule has 1 saturated carbocycles. The number of aryl methyl sites for hydroxylation is 3. The number of amides is 1. The second kappa shape index (κ2) is 10.1. The molecule has 1 unspecified atom stereocenters. The van der Waals surface area contributed by atoms with Crippen LogP contribution in [0.1, 0.15) is 62.6 Å². The lowest BCUT2D eigenvalue weighted by molar-refractivity contribution is 0.0289. The number of carbonyl (C=O) groups excluding carboxylic acids is 1. The Morgan fingerprint density at radius 3 is 2.49 bits per heavy atom. The van der Waals surface area contributed by atoms with Crippen LogP contribution in [-0.4, -0.2) is 41.4 Å². The van der Waals surface area contributed by atoms with Gasteiger partial charge in [-0.05, 0) is 102 Å². The van der Waals surface area contributed by atoms with Gasteiger partial charge in [-0.3, -0.25) is 0 Å². The number of nitrogens with zero attached hydrogens (tertiary/aromatic N) is 4. The molecule has 0 N–H and O–H groups in total. The van der Waals surface area contributed by atoms with Gasteiger partial charge in [0.15, 0.2) is 0 Å². The van der Waals surface area contributed by atoms with Crippen molar-refractivity contribution in [1.82, 2.24) is 10.1 Å². The van der Waals surface area contributed by atoms with E-state index in [-0.39, 0.29) is 17.4 Å². The van der Waals surface area contributed by atoms with Crippen LogP contribution in [0.5, 0.6) is 0 Å². The van der Waals surface area contributed by atoms with Crippen molar-refractivity contribution in [3.63, 3.8) is 0 Å². The van der Waals surface area contributed by atoms with Crippen molar-refractivity contribution in [2.75, 3.05) is 24.5 Å². The van der Waals surface area contributed by atoms with Gasteiger partial charge >= 0.3 is 6.09 Å². The molecule has 2 heterocycles. The molecule has 5 rings (SSSR count). The van der Waals surface area contributed by atoms with E-state index >= 15 is 0 Å². The summed E-state index contributed by atoms with van der Waals surface area (Å²) in [5.74, 6) is 1.08. The van der Waals surface area contributed by atoms with Gasteiger partial charge in [-0.25, -0.2) is 4.79 Å². The molecule has 1 atom stereocenters. The number of nitriles is 1. The highest BCUT2D eigenvalue weighted by Gasteiger charge is 2.44. The normalized spacial score (nSPS) is 18.1. The molecule has 1 amide bonds. The zero-order chi connectivity index (χ0) is 27.9. The van der Waals surface area contributed by atoms with Gasteiger partial charge in [0.1, 0.15) is 11.4 Å². The number of carbonyl (C=O) groups is 1. The third-order valence-corrected chi connectivity index (χ3v) is 7.90. The fraction of sp³-hybridized carbons (Fsp3) is 0.469. The first-order valence-corrected chi connectivity index (χ1v) is 13.8. The minimum atomic E-state index is -0.513. The number of hydrogen-bond acceptors (Lipinski definition) is 6. The van der Waals surface area contributed by atoms with Crippen LogP contribution in [0.15, 0.2) is 47.0 Å². The molecule has 0 radical (unpaired) electrons. The van der Waals surface area contributed by atoms with E-state index < -0.39 is 5.60 Å². The minimum Gasteiger partial charge on any atom is -0.444 e. The molecular weight excluding hydrogens is 488 g/mol. The van der Waals surface area contributed by atoms with Crippen LogP contribution < -0.4 is 4.90 Å². The first kappa shape index (κ1) is 26.8. The Bertz CT molecular complexity index is 1390. The standard InChI is InChI=1S/C32H38N4O3/c1-21-7-8-25(29-22(2)34-39-23(29)3)17-28(21)36(27-11-9-26(10-12-27)32(20-33)14-15-32)19-24-13-16-35(18-24)30(37)38-31(4,5)6/h7-12,17,24H,13-16,18-19H2,1-6H3. The van der Waals surface area contributed by atoms with E-state index in [4.69, 9.17) is 9.26 Å². The highest BCUT2D eigenvalue weighted by atomic mass is 16.6. The molecule has 0 bridgehead atoms. The molecule has 2 fully saturated rings. The Kier molecular flexibility index (Phi) is 6.92. The van der Waals surface area contributed by atoms with Crippen LogP contribution in [0.2, 0.25) is 0 Å². The van der Waals surface area contributed by atoms with Gasteiger partial charge in [-0.1, -0.05) is 29.4 Å². The Labute approximate surface area is 231 Å². The summed E-state index contributed by atoms with van der Waals surface area (Å²) in [6.45, 7) is 13.8. The van der Waals surface area contributed by atoms with E-state index in [0.717, 1.165) is 70.9 Å². The highest BCUT2D eigenvalue weighted by Crippen LogP contribution is 2.48. The molecule has 7 heteroatoms. The Morgan fingerprint density at radius 1 is 1.18 bits per heavy atom. The third-order valence-electron chi connectivity index (χ3n) is 7.90. The maximum absolute atomic E-state index is 12.7. The summed E-state index contributed by atoms with van der Waals surface area (Å²) >= 11 is 0. The van der Waals surface area contributed by atoms with E-state index in [0.29, 0.717) is 13.1 Å². The molecule has 2 aromatic carbocycles. The number of aromatic nitrogens is 1. The molecule has 1 aromatic heterocycles. The van der Waals surface area contributed by atoms with Crippen molar-refractivity contribution < 1.29 is 14.1 Å². The summed E-state index contributed by atoms with van der Waals surface area (Å²) in [7, 11) is 0. The van der Waals surface area contributed by atoms with Gasteiger partial charge in [-0.2, -0.15) is 5.26 Å². The van der Waals surface area contributed by atoms with E-state index in [1.54, 1.807) is 0 Å². The van der Waals surface area contributed by atoms with Gasteiger partial charge in [0.2, 0.25) is 0 Å². The lowest BCUT2D eigenvalue weighted by Gasteiger charge is -2.30. The van der Waals surface area contributed by atoms with Crippen LogP contribution in [0.4, 0.5) is 16.2 Å². The van der Waals surface area contributed by atoms with Crippen LogP contribution in [-0.2, 0) is 10.2 Å². The van der Waals surface area contributed by atoms with E-state index in [2.05, 4.69) is 65.5 Å². The van der Waals surface area contributed by atoms with Crippen molar-refractivity contribution in [1.29, 1.82) is 5.26 Å². The van der Waals surface area contributed by atoms with Gasteiger partial charge in [-0.15, -0.1) is 0 Å². The summed E-state index contributed by atoms with van der Waals surface area (Å²) in [6, 6.07) is 17.5. The van der Waals surface area contributed by atoms with Crippen molar-refractivity contribution in [3.05, 3.63) is 65.0 Å².